The predicted octanol–water partition coefficient (Wildman–Crippen LogP) is 4.40. The first-order valence-electron chi connectivity index (χ1n) is 8.50. The second-order valence-electron chi connectivity index (χ2n) is 6.27. The lowest BCUT2D eigenvalue weighted by Crippen LogP contribution is -2.44. The van der Waals surface area contributed by atoms with E-state index in [1.807, 2.05) is 24.3 Å². The zero-order valence-corrected chi connectivity index (χ0v) is 16.1. The first kappa shape index (κ1) is 18.8. The van der Waals surface area contributed by atoms with Crippen LogP contribution in [0.5, 0.6) is 0 Å². The van der Waals surface area contributed by atoms with Gasteiger partial charge in [-0.2, -0.15) is 0 Å². The third-order valence-electron chi connectivity index (χ3n) is 4.41. The number of amides is 1. The molecule has 1 aliphatic heterocycles. The average Bonchev–Trinajstić information content (AvgIpc) is 2.62. The highest BCUT2D eigenvalue weighted by atomic mass is 35.5. The normalized spacial score (nSPS) is 15.4. The Labute approximate surface area is 164 Å². The molecule has 1 aliphatic rings. The highest BCUT2D eigenvalue weighted by molar-refractivity contribution is 6.37. The summed E-state index contributed by atoms with van der Waals surface area (Å²) < 4.78 is 0. The van der Waals surface area contributed by atoms with Crippen molar-refractivity contribution < 1.29 is 4.79 Å². The van der Waals surface area contributed by atoms with Crippen LogP contribution >= 0.6 is 23.2 Å². The Morgan fingerprint density at radius 1 is 1.00 bits per heavy atom. The van der Waals surface area contributed by atoms with Gasteiger partial charge in [0.1, 0.15) is 0 Å². The standard InChI is InChI=1S/C20H21Cl2N3O/c1-24-11-13-25(14-12-24)19-8-3-2-7-18(19)23-20(26)10-9-15-16(21)5-4-6-17(15)22/h2-10H,11-14H2,1H3,(H,23,26)/b10-9+. The number of para-hydroxylation sites is 2. The van der Waals surface area contributed by atoms with Crippen LogP contribution in [0, 0.1) is 0 Å². The number of carbonyl (C=O) groups is 1. The summed E-state index contributed by atoms with van der Waals surface area (Å²) in [5.74, 6) is -0.220. The highest BCUT2D eigenvalue weighted by Gasteiger charge is 2.17. The number of hydrogen-bond acceptors (Lipinski definition) is 3. The molecule has 2 aromatic rings. The molecule has 3 rings (SSSR count). The lowest BCUT2D eigenvalue weighted by molar-refractivity contribution is -0.111. The molecule has 26 heavy (non-hydrogen) atoms. The minimum Gasteiger partial charge on any atom is -0.367 e. The van der Waals surface area contributed by atoms with Gasteiger partial charge in [0.2, 0.25) is 5.91 Å². The van der Waals surface area contributed by atoms with Crippen molar-refractivity contribution >= 4 is 46.6 Å². The molecule has 0 bridgehead atoms. The lowest BCUT2D eigenvalue weighted by atomic mass is 10.2. The van der Waals surface area contributed by atoms with E-state index >= 15 is 0 Å². The number of carbonyl (C=O) groups excluding carboxylic acids is 1. The minimum absolute atomic E-state index is 0.220. The van der Waals surface area contributed by atoms with Gasteiger partial charge >= 0.3 is 0 Å². The van der Waals surface area contributed by atoms with Crippen LogP contribution in [0.2, 0.25) is 10.0 Å². The Kier molecular flexibility index (Phi) is 6.20. The van der Waals surface area contributed by atoms with Crippen molar-refractivity contribution in [3.8, 4) is 0 Å². The molecular formula is C20H21Cl2N3O. The molecular weight excluding hydrogens is 369 g/mol. The van der Waals surface area contributed by atoms with E-state index in [1.54, 1.807) is 24.3 Å². The molecule has 0 aromatic heterocycles. The summed E-state index contributed by atoms with van der Waals surface area (Å²) in [7, 11) is 2.12. The molecule has 0 saturated carbocycles. The number of piperazine rings is 1. The molecule has 1 heterocycles. The molecule has 0 spiro atoms. The quantitative estimate of drug-likeness (QED) is 0.787. The predicted molar refractivity (Wildman–Crippen MR) is 110 cm³/mol. The van der Waals surface area contributed by atoms with Crippen molar-refractivity contribution in [2.45, 2.75) is 0 Å². The molecule has 1 fully saturated rings. The molecule has 1 N–H and O–H groups in total. The van der Waals surface area contributed by atoms with E-state index in [2.05, 4.69) is 22.2 Å². The van der Waals surface area contributed by atoms with Crippen LogP contribution in [0.1, 0.15) is 5.56 Å². The third kappa shape index (κ3) is 4.58. The molecule has 0 radical (unpaired) electrons. The molecule has 4 nitrogen and oxygen atoms in total. The van der Waals surface area contributed by atoms with Crippen LogP contribution in [0.4, 0.5) is 11.4 Å². The summed E-state index contributed by atoms with van der Waals surface area (Å²) >= 11 is 12.3. The molecule has 1 amide bonds. The Balaban J connectivity index is 1.73. The molecule has 1 saturated heterocycles. The third-order valence-corrected chi connectivity index (χ3v) is 5.07. The van der Waals surface area contributed by atoms with Crippen molar-refractivity contribution in [3.05, 3.63) is 64.1 Å². The number of nitrogens with zero attached hydrogens (tertiary/aromatic N) is 2. The van der Waals surface area contributed by atoms with Crippen LogP contribution < -0.4 is 10.2 Å². The summed E-state index contributed by atoms with van der Waals surface area (Å²) in [5, 5.41) is 3.99. The van der Waals surface area contributed by atoms with Gasteiger partial charge in [-0.15, -0.1) is 0 Å². The molecule has 2 aromatic carbocycles. The minimum atomic E-state index is -0.220. The molecule has 0 unspecified atom stereocenters. The molecule has 0 aliphatic carbocycles. The molecule has 0 atom stereocenters. The van der Waals surface area contributed by atoms with Gasteiger partial charge in [-0.05, 0) is 37.4 Å². The summed E-state index contributed by atoms with van der Waals surface area (Å²) in [6.45, 7) is 3.89. The monoisotopic (exact) mass is 389 g/mol. The summed E-state index contributed by atoms with van der Waals surface area (Å²) in [6, 6.07) is 13.1. The van der Waals surface area contributed by atoms with E-state index in [4.69, 9.17) is 23.2 Å². The maximum atomic E-state index is 12.4. The Hall–Kier alpha value is -2.01. The summed E-state index contributed by atoms with van der Waals surface area (Å²) in [5.41, 5.74) is 2.48. The fraction of sp³-hybridized carbons (Fsp3) is 0.250. The van der Waals surface area contributed by atoms with E-state index < -0.39 is 0 Å². The SMILES string of the molecule is CN1CCN(c2ccccc2NC(=O)/C=C/c2c(Cl)cccc2Cl)CC1. The number of benzene rings is 2. The van der Waals surface area contributed by atoms with Crippen molar-refractivity contribution in [1.82, 2.24) is 4.90 Å². The Morgan fingerprint density at radius 3 is 2.35 bits per heavy atom. The van der Waals surface area contributed by atoms with Crippen molar-refractivity contribution in [3.63, 3.8) is 0 Å². The topological polar surface area (TPSA) is 35.6 Å². The van der Waals surface area contributed by atoms with Crippen molar-refractivity contribution in [2.24, 2.45) is 0 Å². The van der Waals surface area contributed by atoms with E-state index in [-0.39, 0.29) is 5.91 Å². The van der Waals surface area contributed by atoms with Gasteiger partial charge < -0.3 is 15.1 Å². The number of halogens is 2. The number of likely N-dealkylation sites (N-methyl/N-ethyl adjacent to an activating group) is 1. The van der Waals surface area contributed by atoms with E-state index in [9.17, 15) is 4.79 Å². The fourth-order valence-electron chi connectivity index (χ4n) is 2.91. The van der Waals surface area contributed by atoms with Gasteiger partial charge in [-0.3, -0.25) is 4.79 Å². The zero-order valence-electron chi connectivity index (χ0n) is 14.6. The van der Waals surface area contributed by atoms with E-state index in [0.717, 1.165) is 37.6 Å². The van der Waals surface area contributed by atoms with Crippen LogP contribution in [0.15, 0.2) is 48.5 Å². The van der Waals surface area contributed by atoms with Crippen molar-refractivity contribution in [1.29, 1.82) is 0 Å². The van der Waals surface area contributed by atoms with Gasteiger partial charge in [0, 0.05) is 47.9 Å². The van der Waals surface area contributed by atoms with Crippen LogP contribution in [-0.2, 0) is 4.79 Å². The van der Waals surface area contributed by atoms with Gasteiger partial charge in [-0.1, -0.05) is 41.4 Å². The summed E-state index contributed by atoms with van der Waals surface area (Å²) in [6.07, 6.45) is 3.09. The first-order valence-corrected chi connectivity index (χ1v) is 9.26. The van der Waals surface area contributed by atoms with Crippen LogP contribution in [-0.4, -0.2) is 44.0 Å². The highest BCUT2D eigenvalue weighted by Crippen LogP contribution is 2.27. The number of anilines is 2. The Bertz CT molecular complexity index is 794. The number of rotatable bonds is 4. The van der Waals surface area contributed by atoms with Gasteiger partial charge in [0.05, 0.1) is 11.4 Å². The van der Waals surface area contributed by atoms with Gasteiger partial charge in [0.15, 0.2) is 0 Å². The first-order chi connectivity index (χ1) is 12.5. The Morgan fingerprint density at radius 2 is 1.65 bits per heavy atom. The summed E-state index contributed by atoms with van der Waals surface area (Å²) in [4.78, 5) is 17.0. The fourth-order valence-corrected chi connectivity index (χ4v) is 3.43. The molecule has 136 valence electrons. The van der Waals surface area contributed by atoms with Gasteiger partial charge in [-0.25, -0.2) is 0 Å². The average molecular weight is 390 g/mol. The number of nitrogens with one attached hydrogen (secondary N) is 1. The number of hydrogen-bond donors (Lipinski definition) is 1. The van der Waals surface area contributed by atoms with Gasteiger partial charge in [0.25, 0.3) is 0 Å². The second kappa shape index (κ2) is 8.58. The second-order valence-corrected chi connectivity index (χ2v) is 7.08. The van der Waals surface area contributed by atoms with E-state index in [0.29, 0.717) is 15.6 Å². The molecule has 6 heteroatoms. The maximum absolute atomic E-state index is 12.4. The zero-order chi connectivity index (χ0) is 18.5. The van der Waals surface area contributed by atoms with Crippen LogP contribution in [0.3, 0.4) is 0 Å². The lowest BCUT2D eigenvalue weighted by Gasteiger charge is -2.35. The maximum Gasteiger partial charge on any atom is 0.248 e. The van der Waals surface area contributed by atoms with Crippen LogP contribution in [0.25, 0.3) is 6.08 Å². The van der Waals surface area contributed by atoms with E-state index in [1.165, 1.54) is 6.08 Å². The largest absolute Gasteiger partial charge is 0.367 e. The van der Waals surface area contributed by atoms with Crippen molar-refractivity contribution in [2.75, 3.05) is 43.4 Å². The smallest absolute Gasteiger partial charge is 0.248 e.